The monoisotopic (exact) mass is 192 g/mol. The Labute approximate surface area is 83.9 Å². The Hall–Kier alpha value is -1.16. The van der Waals surface area contributed by atoms with E-state index < -0.39 is 0 Å². The number of hydrogen-bond donors (Lipinski definition) is 2. The predicted molar refractivity (Wildman–Crippen MR) is 55.9 cm³/mol. The quantitative estimate of drug-likeness (QED) is 0.738. The molecule has 0 bridgehead atoms. The van der Waals surface area contributed by atoms with Gasteiger partial charge in [0.2, 0.25) is 0 Å². The van der Waals surface area contributed by atoms with Gasteiger partial charge in [0.1, 0.15) is 12.1 Å². The van der Waals surface area contributed by atoms with E-state index in [-0.39, 0.29) is 0 Å². The van der Waals surface area contributed by atoms with Crippen LogP contribution in [0.25, 0.3) is 0 Å². The molecule has 2 rings (SSSR count). The van der Waals surface area contributed by atoms with Crippen molar-refractivity contribution in [2.75, 3.05) is 5.32 Å². The van der Waals surface area contributed by atoms with Gasteiger partial charge in [-0.2, -0.15) is 0 Å². The second-order valence-corrected chi connectivity index (χ2v) is 3.85. The van der Waals surface area contributed by atoms with Crippen molar-refractivity contribution < 1.29 is 0 Å². The van der Waals surface area contributed by atoms with Gasteiger partial charge < -0.3 is 11.1 Å². The molecule has 1 saturated carbocycles. The summed E-state index contributed by atoms with van der Waals surface area (Å²) in [6, 6.07) is 2.83. The summed E-state index contributed by atoms with van der Waals surface area (Å²) in [7, 11) is 0. The van der Waals surface area contributed by atoms with E-state index in [1.807, 2.05) is 6.07 Å². The highest BCUT2D eigenvalue weighted by Crippen LogP contribution is 2.19. The van der Waals surface area contributed by atoms with Crippen molar-refractivity contribution in [2.45, 2.75) is 37.8 Å². The van der Waals surface area contributed by atoms with Gasteiger partial charge in [-0.3, -0.25) is 0 Å². The summed E-state index contributed by atoms with van der Waals surface area (Å²) in [6.45, 7) is 0. The van der Waals surface area contributed by atoms with E-state index in [0.717, 1.165) is 31.5 Å². The lowest BCUT2D eigenvalue weighted by molar-refractivity contribution is 0.410. The van der Waals surface area contributed by atoms with E-state index >= 15 is 0 Å². The average molecular weight is 192 g/mol. The maximum Gasteiger partial charge on any atom is 0.129 e. The molecule has 1 aromatic heterocycles. The van der Waals surface area contributed by atoms with Crippen molar-refractivity contribution in [1.82, 2.24) is 9.97 Å². The van der Waals surface area contributed by atoms with Crippen LogP contribution in [0.3, 0.4) is 0 Å². The van der Waals surface area contributed by atoms with Crippen molar-refractivity contribution in [2.24, 2.45) is 5.73 Å². The number of nitrogens with zero attached hydrogens (tertiary/aromatic N) is 2. The van der Waals surface area contributed by atoms with Crippen molar-refractivity contribution in [3.05, 3.63) is 18.6 Å². The van der Waals surface area contributed by atoms with Gasteiger partial charge in [-0.25, -0.2) is 9.97 Å². The number of nitrogens with one attached hydrogen (secondary N) is 1. The molecule has 0 radical (unpaired) electrons. The fourth-order valence-electron chi connectivity index (χ4n) is 1.85. The molecule has 0 spiro atoms. The first-order chi connectivity index (χ1) is 6.84. The first-order valence-electron chi connectivity index (χ1n) is 5.13. The molecule has 76 valence electrons. The molecule has 0 unspecified atom stereocenters. The van der Waals surface area contributed by atoms with Crippen LogP contribution < -0.4 is 11.1 Å². The topological polar surface area (TPSA) is 63.8 Å². The third-order valence-corrected chi connectivity index (χ3v) is 2.71. The van der Waals surface area contributed by atoms with Crippen LogP contribution in [0.1, 0.15) is 25.7 Å². The van der Waals surface area contributed by atoms with Crippen LogP contribution in [-0.2, 0) is 0 Å². The normalized spacial score (nSPS) is 27.2. The average Bonchev–Trinajstić information content (AvgIpc) is 2.23. The van der Waals surface area contributed by atoms with Crippen molar-refractivity contribution in [1.29, 1.82) is 0 Å². The maximum absolute atomic E-state index is 5.84. The minimum absolute atomic E-state index is 0.401. The Morgan fingerprint density at radius 3 is 2.71 bits per heavy atom. The molecule has 1 heterocycles. The van der Waals surface area contributed by atoms with E-state index in [9.17, 15) is 0 Å². The van der Waals surface area contributed by atoms with Crippen LogP contribution in [0.2, 0.25) is 0 Å². The smallest absolute Gasteiger partial charge is 0.129 e. The highest BCUT2D eigenvalue weighted by atomic mass is 15.0. The Balaban J connectivity index is 1.87. The highest BCUT2D eigenvalue weighted by molar-refractivity contribution is 5.33. The molecule has 0 aromatic carbocycles. The van der Waals surface area contributed by atoms with E-state index in [0.29, 0.717) is 12.1 Å². The summed E-state index contributed by atoms with van der Waals surface area (Å²) in [5, 5.41) is 3.39. The largest absolute Gasteiger partial charge is 0.367 e. The first-order valence-corrected chi connectivity index (χ1v) is 5.13. The second-order valence-electron chi connectivity index (χ2n) is 3.85. The minimum atomic E-state index is 0.401. The summed E-state index contributed by atoms with van der Waals surface area (Å²) >= 11 is 0. The molecule has 1 aliphatic rings. The van der Waals surface area contributed by atoms with Gasteiger partial charge in [-0.05, 0) is 31.7 Å². The second kappa shape index (κ2) is 4.37. The van der Waals surface area contributed by atoms with Crippen LogP contribution in [0.15, 0.2) is 18.6 Å². The first kappa shape index (κ1) is 9.40. The molecule has 4 heteroatoms. The summed E-state index contributed by atoms with van der Waals surface area (Å²) in [4.78, 5) is 8.02. The van der Waals surface area contributed by atoms with Crippen LogP contribution >= 0.6 is 0 Å². The molecule has 1 aliphatic carbocycles. The molecule has 0 saturated heterocycles. The van der Waals surface area contributed by atoms with E-state index in [1.54, 1.807) is 12.5 Å². The van der Waals surface area contributed by atoms with Crippen LogP contribution in [-0.4, -0.2) is 22.1 Å². The fraction of sp³-hybridized carbons (Fsp3) is 0.600. The Morgan fingerprint density at radius 2 is 2.07 bits per heavy atom. The number of rotatable bonds is 2. The van der Waals surface area contributed by atoms with Gasteiger partial charge in [0, 0.05) is 18.3 Å². The maximum atomic E-state index is 5.84. The summed E-state index contributed by atoms with van der Waals surface area (Å²) in [5.74, 6) is 0.917. The summed E-state index contributed by atoms with van der Waals surface area (Å²) < 4.78 is 0. The third kappa shape index (κ3) is 2.42. The van der Waals surface area contributed by atoms with Crippen LogP contribution in [0, 0.1) is 0 Å². The lowest BCUT2D eigenvalue weighted by atomic mass is 9.92. The molecule has 4 nitrogen and oxygen atoms in total. The molecular weight excluding hydrogens is 176 g/mol. The minimum Gasteiger partial charge on any atom is -0.367 e. The Bertz CT molecular complexity index is 267. The molecule has 1 aromatic rings. The zero-order valence-electron chi connectivity index (χ0n) is 8.19. The predicted octanol–water partition coefficient (Wildman–Crippen LogP) is 1.16. The molecular formula is C10H16N4. The fourth-order valence-corrected chi connectivity index (χ4v) is 1.85. The lowest BCUT2D eigenvalue weighted by Gasteiger charge is -2.27. The Morgan fingerprint density at radius 1 is 1.29 bits per heavy atom. The molecule has 3 N–H and O–H groups in total. The summed E-state index contributed by atoms with van der Waals surface area (Å²) in [5.41, 5.74) is 5.84. The van der Waals surface area contributed by atoms with Gasteiger partial charge in [-0.15, -0.1) is 0 Å². The number of hydrogen-bond acceptors (Lipinski definition) is 4. The lowest BCUT2D eigenvalue weighted by Crippen LogP contribution is -2.32. The molecule has 14 heavy (non-hydrogen) atoms. The van der Waals surface area contributed by atoms with E-state index in [1.165, 1.54) is 0 Å². The SMILES string of the molecule is N[C@H]1CC[C@H](Nc2ccncn2)CC1. The van der Waals surface area contributed by atoms with Crippen LogP contribution in [0.5, 0.6) is 0 Å². The number of aromatic nitrogens is 2. The highest BCUT2D eigenvalue weighted by Gasteiger charge is 2.18. The van der Waals surface area contributed by atoms with Crippen LogP contribution in [0.4, 0.5) is 5.82 Å². The van der Waals surface area contributed by atoms with Gasteiger partial charge >= 0.3 is 0 Å². The van der Waals surface area contributed by atoms with Crippen molar-refractivity contribution in [3.63, 3.8) is 0 Å². The standard InChI is InChI=1S/C10H16N4/c11-8-1-3-9(4-2-8)14-10-5-6-12-7-13-10/h5-9H,1-4,11H2,(H,12,13,14)/t8-,9-. The number of anilines is 1. The van der Waals surface area contributed by atoms with Gasteiger partial charge in [0.15, 0.2) is 0 Å². The van der Waals surface area contributed by atoms with E-state index in [2.05, 4.69) is 15.3 Å². The van der Waals surface area contributed by atoms with Crippen molar-refractivity contribution in [3.8, 4) is 0 Å². The zero-order valence-corrected chi connectivity index (χ0v) is 8.19. The van der Waals surface area contributed by atoms with Gasteiger partial charge in [0.25, 0.3) is 0 Å². The van der Waals surface area contributed by atoms with Gasteiger partial charge in [0.05, 0.1) is 0 Å². The van der Waals surface area contributed by atoms with Gasteiger partial charge in [-0.1, -0.05) is 0 Å². The summed E-state index contributed by atoms with van der Waals surface area (Å²) in [6.07, 6.45) is 7.84. The molecule has 1 fully saturated rings. The third-order valence-electron chi connectivity index (χ3n) is 2.71. The zero-order chi connectivity index (χ0) is 9.80. The molecule has 0 aliphatic heterocycles. The Kier molecular flexibility index (Phi) is 2.93. The van der Waals surface area contributed by atoms with Crippen molar-refractivity contribution >= 4 is 5.82 Å². The molecule has 0 amide bonds. The van der Waals surface area contributed by atoms with E-state index in [4.69, 9.17) is 5.73 Å². The number of nitrogens with two attached hydrogens (primary N) is 1. The molecule has 0 atom stereocenters.